The smallest absolute Gasteiger partial charge is 0.186 e. The van der Waals surface area contributed by atoms with E-state index in [0.717, 1.165) is 0 Å². The summed E-state index contributed by atoms with van der Waals surface area (Å²) < 4.78 is 30.4. The number of nitrogens with zero attached hydrogens (tertiary/aromatic N) is 3. The predicted molar refractivity (Wildman–Crippen MR) is 110 cm³/mol. The van der Waals surface area contributed by atoms with Crippen LogP contribution in [0.25, 0.3) is 33.2 Å². The Kier molecular flexibility index (Phi) is 5.14. The Morgan fingerprint density at radius 2 is 1.75 bits per heavy atom. The van der Waals surface area contributed by atoms with Gasteiger partial charge in [-0.05, 0) is 36.4 Å². The molecule has 0 radical (unpaired) electrons. The molecule has 0 atom stereocenters. The Morgan fingerprint density at radius 1 is 0.964 bits per heavy atom. The molecule has 0 unspecified atom stereocenters. The molecule has 0 aliphatic heterocycles. The van der Waals surface area contributed by atoms with Gasteiger partial charge in [0.25, 0.3) is 0 Å². The van der Waals surface area contributed by atoms with Crippen molar-refractivity contribution < 1.29 is 8.78 Å². The molecule has 0 spiro atoms. The monoisotopic (exact) mass is 455 g/mol. The van der Waals surface area contributed by atoms with Crippen LogP contribution in [0.15, 0.2) is 42.5 Å². The third-order valence-electron chi connectivity index (χ3n) is 4.07. The van der Waals surface area contributed by atoms with Gasteiger partial charge < -0.3 is 0 Å². The molecular weight excluding hydrogens is 447 g/mol. The summed E-state index contributed by atoms with van der Waals surface area (Å²) in [6.07, 6.45) is 0. The van der Waals surface area contributed by atoms with Crippen molar-refractivity contribution in [3.8, 4) is 33.2 Å². The molecule has 0 amide bonds. The van der Waals surface area contributed by atoms with E-state index in [1.807, 2.05) is 0 Å². The second-order valence-corrected chi connectivity index (χ2v) is 8.40. The van der Waals surface area contributed by atoms with Gasteiger partial charge in [-0.2, -0.15) is 5.10 Å². The fraction of sp³-hybridized carbons (Fsp3) is 0.0526. The van der Waals surface area contributed by atoms with Gasteiger partial charge in [-0.15, -0.1) is 11.3 Å². The summed E-state index contributed by atoms with van der Waals surface area (Å²) in [4.78, 5) is 5.02. The van der Waals surface area contributed by atoms with Crippen LogP contribution >= 0.6 is 46.1 Å². The topological polar surface area (TPSA) is 30.7 Å². The van der Waals surface area contributed by atoms with Crippen LogP contribution in [0.5, 0.6) is 0 Å². The molecule has 0 N–H and O–H groups in total. The van der Waals surface area contributed by atoms with Crippen molar-refractivity contribution in [3.63, 3.8) is 0 Å². The Labute approximate surface area is 178 Å². The average Bonchev–Trinajstić information content (AvgIpc) is 3.17. The summed E-state index contributed by atoms with van der Waals surface area (Å²) >= 11 is 19.5. The Hall–Kier alpha value is -1.99. The van der Waals surface area contributed by atoms with Gasteiger partial charge in [-0.1, -0.05) is 40.9 Å². The number of hydrogen-bond donors (Lipinski definition) is 0. The largest absolute Gasteiger partial charge is 0.248 e. The lowest BCUT2D eigenvalue weighted by molar-refractivity contribution is 0.629. The molecule has 0 saturated carbocycles. The van der Waals surface area contributed by atoms with Crippen LogP contribution in [0.4, 0.5) is 8.78 Å². The van der Waals surface area contributed by atoms with E-state index in [1.165, 1.54) is 34.2 Å². The van der Waals surface area contributed by atoms with Crippen LogP contribution in [0.2, 0.25) is 14.4 Å². The van der Waals surface area contributed by atoms with Crippen LogP contribution < -0.4 is 0 Å². The van der Waals surface area contributed by atoms with Gasteiger partial charge in [0.05, 0.1) is 10.6 Å². The molecular formula is C19H10Cl3F2N3S. The SMILES string of the molecule is Cn1nc(-c2c(F)cccc2Cl)nc1-c1cc(-c2ccc(Cl)cc2F)sc1Cl. The molecule has 9 heteroatoms. The quantitative estimate of drug-likeness (QED) is 0.329. The Morgan fingerprint density at radius 3 is 2.46 bits per heavy atom. The van der Waals surface area contributed by atoms with E-state index >= 15 is 0 Å². The summed E-state index contributed by atoms with van der Waals surface area (Å²) in [6.45, 7) is 0. The Bertz CT molecular complexity index is 1180. The molecule has 0 saturated heterocycles. The maximum absolute atomic E-state index is 14.3. The van der Waals surface area contributed by atoms with E-state index in [2.05, 4.69) is 10.1 Å². The normalized spacial score (nSPS) is 11.2. The highest BCUT2D eigenvalue weighted by Gasteiger charge is 2.21. The van der Waals surface area contributed by atoms with Crippen molar-refractivity contribution in [1.29, 1.82) is 0 Å². The van der Waals surface area contributed by atoms with E-state index < -0.39 is 11.6 Å². The van der Waals surface area contributed by atoms with E-state index in [9.17, 15) is 8.78 Å². The molecule has 28 heavy (non-hydrogen) atoms. The lowest BCUT2D eigenvalue weighted by Crippen LogP contribution is -1.94. The number of hydrogen-bond acceptors (Lipinski definition) is 3. The first-order valence-corrected chi connectivity index (χ1v) is 9.90. The zero-order valence-electron chi connectivity index (χ0n) is 14.2. The second kappa shape index (κ2) is 7.44. The molecule has 2 heterocycles. The third kappa shape index (κ3) is 3.42. The fourth-order valence-electron chi connectivity index (χ4n) is 2.78. The van der Waals surface area contributed by atoms with Crippen LogP contribution in [-0.2, 0) is 7.05 Å². The van der Waals surface area contributed by atoms with Crippen LogP contribution in [0, 0.1) is 11.6 Å². The summed E-state index contributed by atoms with van der Waals surface area (Å²) in [7, 11) is 1.66. The van der Waals surface area contributed by atoms with Crippen LogP contribution in [0.3, 0.4) is 0 Å². The number of aromatic nitrogens is 3. The van der Waals surface area contributed by atoms with E-state index in [0.29, 0.717) is 31.2 Å². The zero-order chi connectivity index (χ0) is 20.0. The van der Waals surface area contributed by atoms with Crippen molar-refractivity contribution in [2.24, 2.45) is 7.05 Å². The molecule has 3 nitrogen and oxygen atoms in total. The molecule has 142 valence electrons. The average molecular weight is 457 g/mol. The van der Waals surface area contributed by atoms with Gasteiger partial charge in [-0.3, -0.25) is 0 Å². The standard InChI is InChI=1S/C19H10Cl3F2N3S/c1-27-19(25-18(26-27)16-12(21)3-2-4-13(16)23)11-8-15(28-17(11)22)10-6-5-9(20)7-14(10)24/h2-8H,1H3. The van der Waals surface area contributed by atoms with Gasteiger partial charge in [-0.25, -0.2) is 18.4 Å². The lowest BCUT2D eigenvalue weighted by atomic mass is 10.1. The molecule has 2 aromatic heterocycles. The summed E-state index contributed by atoms with van der Waals surface area (Å²) in [5.74, 6) is -0.419. The molecule has 0 aliphatic carbocycles. The zero-order valence-corrected chi connectivity index (χ0v) is 17.3. The first kappa shape index (κ1) is 19.3. The summed E-state index contributed by atoms with van der Waals surface area (Å²) in [5.41, 5.74) is 1.05. The first-order valence-electron chi connectivity index (χ1n) is 7.95. The lowest BCUT2D eigenvalue weighted by Gasteiger charge is -2.00. The van der Waals surface area contributed by atoms with Crippen molar-refractivity contribution >= 4 is 46.1 Å². The predicted octanol–water partition coefficient (Wildman–Crippen LogP) is 7.12. The third-order valence-corrected chi connectivity index (χ3v) is 6.02. The highest BCUT2D eigenvalue weighted by atomic mass is 35.5. The Balaban J connectivity index is 1.81. The minimum atomic E-state index is -0.523. The molecule has 0 aliphatic rings. The number of rotatable bonds is 3. The van der Waals surface area contributed by atoms with Crippen LogP contribution in [0.1, 0.15) is 0 Å². The highest BCUT2D eigenvalue weighted by molar-refractivity contribution is 7.20. The minimum Gasteiger partial charge on any atom is -0.248 e. The number of aryl methyl sites for hydroxylation is 1. The van der Waals surface area contributed by atoms with Crippen molar-refractivity contribution in [2.45, 2.75) is 0 Å². The van der Waals surface area contributed by atoms with E-state index in [4.69, 9.17) is 34.8 Å². The van der Waals surface area contributed by atoms with Gasteiger partial charge in [0.2, 0.25) is 0 Å². The molecule has 0 fully saturated rings. The molecule has 4 aromatic rings. The molecule has 2 aromatic carbocycles. The van der Waals surface area contributed by atoms with Gasteiger partial charge in [0.1, 0.15) is 16.0 Å². The first-order chi connectivity index (χ1) is 13.3. The van der Waals surface area contributed by atoms with Gasteiger partial charge >= 0.3 is 0 Å². The van der Waals surface area contributed by atoms with Gasteiger partial charge in [0.15, 0.2) is 11.6 Å². The highest BCUT2D eigenvalue weighted by Crippen LogP contribution is 2.41. The summed E-state index contributed by atoms with van der Waals surface area (Å²) in [6, 6.07) is 10.5. The number of halogens is 5. The maximum Gasteiger partial charge on any atom is 0.186 e. The number of benzene rings is 2. The minimum absolute atomic E-state index is 0.112. The fourth-order valence-corrected chi connectivity index (χ4v) is 4.48. The summed E-state index contributed by atoms with van der Waals surface area (Å²) in [5, 5.41) is 4.78. The second-order valence-electron chi connectivity index (χ2n) is 5.90. The maximum atomic E-state index is 14.3. The van der Waals surface area contributed by atoms with Crippen LogP contribution in [-0.4, -0.2) is 14.8 Å². The molecule has 0 bridgehead atoms. The van der Waals surface area contributed by atoms with Crippen molar-refractivity contribution in [2.75, 3.05) is 0 Å². The van der Waals surface area contributed by atoms with Gasteiger partial charge in [0, 0.05) is 28.1 Å². The van der Waals surface area contributed by atoms with Crippen molar-refractivity contribution in [3.05, 3.63) is 68.5 Å². The van der Waals surface area contributed by atoms with E-state index in [-0.39, 0.29) is 16.4 Å². The van der Waals surface area contributed by atoms with Crippen molar-refractivity contribution in [1.82, 2.24) is 14.8 Å². The number of thiophene rings is 1. The van der Waals surface area contributed by atoms with E-state index in [1.54, 1.807) is 31.3 Å². The molecule has 4 rings (SSSR count).